The number of benzene rings is 3. The maximum absolute atomic E-state index is 13.6. The van der Waals surface area contributed by atoms with Crippen LogP contribution in [0.2, 0.25) is 0 Å². The van der Waals surface area contributed by atoms with Crippen LogP contribution in [0.15, 0.2) is 66.7 Å². The molecule has 1 unspecified atom stereocenters. The summed E-state index contributed by atoms with van der Waals surface area (Å²) in [4.78, 5) is 13.6. The van der Waals surface area contributed by atoms with E-state index in [-0.39, 0.29) is 23.3 Å². The highest BCUT2D eigenvalue weighted by molar-refractivity contribution is 5.93. The summed E-state index contributed by atoms with van der Waals surface area (Å²) in [6.45, 7) is 6.53. The quantitative estimate of drug-likeness (QED) is 0.310. The minimum Gasteiger partial charge on any atom is -0.457 e. The summed E-state index contributed by atoms with van der Waals surface area (Å²) in [6.07, 6.45) is 9.03. The van der Waals surface area contributed by atoms with Crippen molar-refractivity contribution in [1.82, 2.24) is 0 Å². The van der Waals surface area contributed by atoms with Gasteiger partial charge < -0.3 is 15.2 Å². The van der Waals surface area contributed by atoms with E-state index < -0.39 is 0 Å². The Morgan fingerprint density at radius 2 is 1.59 bits per heavy atom. The molecule has 0 saturated heterocycles. The first-order valence-electron chi connectivity index (χ1n) is 14.7. The van der Waals surface area contributed by atoms with Gasteiger partial charge in [-0.1, -0.05) is 101 Å². The maximum Gasteiger partial charge on any atom is 0.225 e. The number of ether oxygens (including phenoxy) is 1. The molecule has 3 aromatic rings. The van der Waals surface area contributed by atoms with Gasteiger partial charge in [-0.3, -0.25) is 4.79 Å². The van der Waals surface area contributed by atoms with Crippen molar-refractivity contribution < 1.29 is 14.6 Å². The number of aryl methyl sites for hydroxylation is 1. The van der Waals surface area contributed by atoms with E-state index in [9.17, 15) is 9.90 Å². The highest BCUT2D eigenvalue weighted by atomic mass is 16.5. The molecule has 1 fully saturated rings. The summed E-state index contributed by atoms with van der Waals surface area (Å²) >= 11 is 0. The average Bonchev–Trinajstić information content (AvgIpc) is 2.92. The lowest BCUT2D eigenvalue weighted by Crippen LogP contribution is -2.22. The number of hydrogen-bond donors (Lipinski definition) is 2. The lowest BCUT2D eigenvalue weighted by atomic mass is 9.83. The highest BCUT2D eigenvalue weighted by Crippen LogP contribution is 2.45. The molecule has 4 heteroatoms. The van der Waals surface area contributed by atoms with Crippen molar-refractivity contribution in [2.24, 2.45) is 5.92 Å². The second-order valence-corrected chi connectivity index (χ2v) is 12.5. The summed E-state index contributed by atoms with van der Waals surface area (Å²) in [7, 11) is 0. The molecule has 1 heterocycles. The molecule has 2 N–H and O–H groups in total. The fourth-order valence-corrected chi connectivity index (χ4v) is 6.38. The van der Waals surface area contributed by atoms with Gasteiger partial charge in [-0.05, 0) is 59.9 Å². The summed E-state index contributed by atoms with van der Waals surface area (Å²) in [5, 5.41) is 14.0. The number of hydrogen-bond acceptors (Lipinski definition) is 3. The van der Waals surface area contributed by atoms with Gasteiger partial charge in [0, 0.05) is 29.2 Å². The van der Waals surface area contributed by atoms with Gasteiger partial charge >= 0.3 is 0 Å². The second kappa shape index (κ2) is 12.0. The Hall–Kier alpha value is -3.11. The van der Waals surface area contributed by atoms with E-state index in [1.165, 1.54) is 32.1 Å². The average molecular weight is 526 g/mol. The van der Waals surface area contributed by atoms with Crippen LogP contribution in [0, 0.1) is 5.92 Å². The molecular formula is C35H43NO3. The van der Waals surface area contributed by atoms with Crippen molar-refractivity contribution in [3.05, 3.63) is 89.0 Å². The predicted octanol–water partition coefficient (Wildman–Crippen LogP) is 8.51. The van der Waals surface area contributed by atoms with Crippen molar-refractivity contribution in [3.8, 4) is 11.5 Å². The van der Waals surface area contributed by atoms with Crippen LogP contribution in [-0.2, 0) is 16.6 Å². The molecule has 1 amide bonds. The van der Waals surface area contributed by atoms with Gasteiger partial charge in [-0.15, -0.1) is 0 Å². The number of aliphatic hydroxyl groups is 1. The number of aliphatic hydroxyl groups excluding tert-OH is 1. The van der Waals surface area contributed by atoms with Gasteiger partial charge in [-0.25, -0.2) is 0 Å². The molecule has 0 bridgehead atoms. The van der Waals surface area contributed by atoms with E-state index in [2.05, 4.69) is 56.4 Å². The lowest BCUT2D eigenvalue weighted by molar-refractivity contribution is -0.116. The number of amides is 1. The molecule has 2 aliphatic rings. The molecule has 206 valence electrons. The number of fused-ring (bicyclic) bond motifs is 2. The first-order valence-corrected chi connectivity index (χ1v) is 14.7. The normalized spacial score (nSPS) is 16.6. The monoisotopic (exact) mass is 525 g/mol. The van der Waals surface area contributed by atoms with Gasteiger partial charge in [0.2, 0.25) is 5.91 Å². The number of anilines is 1. The molecule has 3 aromatic carbocycles. The molecule has 4 nitrogen and oxygen atoms in total. The third kappa shape index (κ3) is 6.73. The number of nitrogens with one attached hydrogen (secondary N) is 1. The van der Waals surface area contributed by atoms with Crippen LogP contribution in [0.5, 0.6) is 11.5 Å². The first kappa shape index (κ1) is 27.5. The first-order chi connectivity index (χ1) is 18.8. The van der Waals surface area contributed by atoms with Gasteiger partial charge in [0.25, 0.3) is 0 Å². The Morgan fingerprint density at radius 1 is 0.949 bits per heavy atom. The van der Waals surface area contributed by atoms with E-state index in [0.717, 1.165) is 58.7 Å². The fraction of sp³-hybridized carbons (Fsp3) is 0.457. The molecule has 0 radical (unpaired) electrons. The standard InChI is InChI=1S/C35H43NO3/c1-35(2,3)30-20-18-25(17-19-26(37)21-24-11-5-4-6-12-24)22-31(30)36-34(38)23-29-27-13-7-9-15-32(27)39-33-16-10-8-14-28(29)33/h7-10,13-16,18,20,22,24,26,29,37H,4-6,11-12,17,19,21,23H2,1-3H3,(H,36,38). The summed E-state index contributed by atoms with van der Waals surface area (Å²) in [6, 6.07) is 22.4. The van der Waals surface area contributed by atoms with Crippen LogP contribution < -0.4 is 10.1 Å². The summed E-state index contributed by atoms with van der Waals surface area (Å²) in [5.41, 5.74) is 5.13. The van der Waals surface area contributed by atoms with Crippen molar-refractivity contribution in [1.29, 1.82) is 0 Å². The van der Waals surface area contributed by atoms with Gasteiger partial charge in [0.05, 0.1) is 6.10 Å². The van der Waals surface area contributed by atoms with E-state index in [4.69, 9.17) is 4.74 Å². The van der Waals surface area contributed by atoms with Crippen molar-refractivity contribution in [2.45, 2.75) is 96.0 Å². The third-order valence-corrected chi connectivity index (χ3v) is 8.46. The predicted molar refractivity (Wildman–Crippen MR) is 159 cm³/mol. The Balaban J connectivity index is 1.31. The Labute approximate surface area is 233 Å². The van der Waals surface area contributed by atoms with Crippen molar-refractivity contribution in [3.63, 3.8) is 0 Å². The largest absolute Gasteiger partial charge is 0.457 e. The van der Waals surface area contributed by atoms with Crippen molar-refractivity contribution in [2.75, 3.05) is 5.32 Å². The van der Waals surface area contributed by atoms with Gasteiger partial charge in [-0.2, -0.15) is 0 Å². The minimum atomic E-state index is -0.262. The molecule has 0 aromatic heterocycles. The third-order valence-electron chi connectivity index (χ3n) is 8.46. The second-order valence-electron chi connectivity index (χ2n) is 12.5. The number of carbonyl (C=O) groups is 1. The zero-order valence-corrected chi connectivity index (χ0v) is 23.7. The molecule has 1 atom stereocenters. The van der Waals surface area contributed by atoms with Crippen LogP contribution in [0.4, 0.5) is 5.69 Å². The molecule has 1 aliphatic carbocycles. The SMILES string of the molecule is CC(C)(C)c1ccc(CCC(O)CC2CCCCC2)cc1NC(=O)CC1c2ccccc2Oc2ccccc21. The Kier molecular flexibility index (Phi) is 8.42. The van der Waals surface area contributed by atoms with E-state index in [1.807, 2.05) is 36.4 Å². The lowest BCUT2D eigenvalue weighted by Gasteiger charge is -2.28. The van der Waals surface area contributed by atoms with Crippen LogP contribution >= 0.6 is 0 Å². The topological polar surface area (TPSA) is 58.6 Å². The zero-order valence-electron chi connectivity index (χ0n) is 23.7. The van der Waals surface area contributed by atoms with Crippen LogP contribution in [0.1, 0.15) is 100 Å². The fourth-order valence-electron chi connectivity index (χ4n) is 6.38. The van der Waals surface area contributed by atoms with Crippen LogP contribution in [-0.4, -0.2) is 17.1 Å². The van der Waals surface area contributed by atoms with E-state index in [0.29, 0.717) is 12.3 Å². The molecule has 1 saturated carbocycles. The number of para-hydroxylation sites is 2. The minimum absolute atomic E-state index is 0.00788. The van der Waals surface area contributed by atoms with Crippen LogP contribution in [0.3, 0.4) is 0 Å². The van der Waals surface area contributed by atoms with E-state index >= 15 is 0 Å². The van der Waals surface area contributed by atoms with Crippen LogP contribution in [0.25, 0.3) is 0 Å². The van der Waals surface area contributed by atoms with Gasteiger partial charge in [0.15, 0.2) is 0 Å². The van der Waals surface area contributed by atoms with Gasteiger partial charge in [0.1, 0.15) is 11.5 Å². The number of rotatable bonds is 8. The zero-order chi connectivity index (χ0) is 27.4. The molecule has 39 heavy (non-hydrogen) atoms. The summed E-state index contributed by atoms with van der Waals surface area (Å²) in [5.74, 6) is 2.23. The molecule has 1 aliphatic heterocycles. The van der Waals surface area contributed by atoms with E-state index in [1.54, 1.807) is 0 Å². The summed E-state index contributed by atoms with van der Waals surface area (Å²) < 4.78 is 6.13. The Morgan fingerprint density at radius 3 is 2.23 bits per heavy atom. The number of carbonyl (C=O) groups excluding carboxylic acids is 1. The van der Waals surface area contributed by atoms with Crippen molar-refractivity contribution >= 4 is 11.6 Å². The molecular weight excluding hydrogens is 482 g/mol. The molecule has 0 spiro atoms. The maximum atomic E-state index is 13.6. The highest BCUT2D eigenvalue weighted by Gasteiger charge is 2.29. The smallest absolute Gasteiger partial charge is 0.225 e. The molecule has 5 rings (SSSR count). The Bertz CT molecular complexity index is 1240.